The van der Waals surface area contributed by atoms with E-state index in [9.17, 15) is 19.5 Å². The molecule has 0 radical (unpaired) electrons. The van der Waals surface area contributed by atoms with Gasteiger partial charge in [0.05, 0.1) is 5.41 Å². The zero-order chi connectivity index (χ0) is 16.0. The molecule has 1 aliphatic carbocycles. The van der Waals surface area contributed by atoms with E-state index >= 15 is 0 Å². The highest BCUT2D eigenvalue weighted by Crippen LogP contribution is 2.25. The molecule has 0 aromatic heterocycles. The zero-order valence-electron chi connectivity index (χ0n) is 12.9. The third-order valence-electron chi connectivity index (χ3n) is 4.06. The van der Waals surface area contributed by atoms with Gasteiger partial charge in [-0.15, -0.1) is 0 Å². The van der Waals surface area contributed by atoms with Crippen molar-refractivity contribution >= 4 is 17.9 Å². The normalized spacial score (nSPS) is 16.0. The van der Waals surface area contributed by atoms with Crippen LogP contribution in [0, 0.1) is 5.41 Å². The average Bonchev–Trinajstić information content (AvgIpc) is 3.24. The van der Waals surface area contributed by atoms with E-state index in [1.807, 2.05) is 0 Å². The van der Waals surface area contributed by atoms with Gasteiger partial charge in [0.1, 0.15) is 6.04 Å². The second kappa shape index (κ2) is 7.28. The van der Waals surface area contributed by atoms with Crippen molar-refractivity contribution in [3.05, 3.63) is 0 Å². The van der Waals surface area contributed by atoms with Crippen LogP contribution in [0.4, 0.5) is 4.79 Å². The van der Waals surface area contributed by atoms with Gasteiger partial charge in [0.15, 0.2) is 0 Å². The quantitative estimate of drug-likeness (QED) is 0.533. The largest absolute Gasteiger partial charge is 0.481 e. The van der Waals surface area contributed by atoms with E-state index in [0.717, 1.165) is 12.8 Å². The Labute approximate surface area is 124 Å². The summed E-state index contributed by atoms with van der Waals surface area (Å²) in [6.07, 6.45) is 2.82. The Kier molecular flexibility index (Phi) is 5.99. The lowest BCUT2D eigenvalue weighted by atomic mass is 9.82. The van der Waals surface area contributed by atoms with Crippen LogP contribution < -0.4 is 16.0 Å². The lowest BCUT2D eigenvalue weighted by Crippen LogP contribution is -2.51. The first-order valence-corrected chi connectivity index (χ1v) is 7.42. The Morgan fingerprint density at radius 3 is 2.24 bits per heavy atom. The van der Waals surface area contributed by atoms with Gasteiger partial charge in [0.2, 0.25) is 5.91 Å². The summed E-state index contributed by atoms with van der Waals surface area (Å²) in [5.74, 6) is -1.14. The number of carboxylic acids is 1. The second-order valence-electron chi connectivity index (χ2n) is 5.62. The summed E-state index contributed by atoms with van der Waals surface area (Å²) in [6, 6.07) is -0.932. The fourth-order valence-electron chi connectivity index (χ4n) is 1.99. The summed E-state index contributed by atoms with van der Waals surface area (Å²) >= 11 is 0. The Morgan fingerprint density at radius 1 is 1.24 bits per heavy atom. The average molecular weight is 299 g/mol. The minimum Gasteiger partial charge on any atom is -0.481 e. The number of hydrogen-bond donors (Lipinski definition) is 4. The number of rotatable bonds is 8. The Balaban J connectivity index is 2.41. The Bertz CT molecular complexity index is 403. The molecule has 0 saturated heterocycles. The van der Waals surface area contributed by atoms with Gasteiger partial charge in [0, 0.05) is 12.6 Å². The van der Waals surface area contributed by atoms with Gasteiger partial charge < -0.3 is 21.1 Å². The molecular weight excluding hydrogens is 274 g/mol. The molecule has 1 atom stereocenters. The number of carbonyl (C=O) groups is 3. The molecule has 0 heterocycles. The fraction of sp³-hybridized carbons (Fsp3) is 0.786. The van der Waals surface area contributed by atoms with E-state index in [0.29, 0.717) is 12.8 Å². The molecule has 1 saturated carbocycles. The topological polar surface area (TPSA) is 108 Å². The Morgan fingerprint density at radius 2 is 1.81 bits per heavy atom. The molecular formula is C14H25N3O4. The van der Waals surface area contributed by atoms with Crippen molar-refractivity contribution in [3.63, 3.8) is 0 Å². The van der Waals surface area contributed by atoms with Gasteiger partial charge in [0.25, 0.3) is 0 Å². The summed E-state index contributed by atoms with van der Waals surface area (Å²) < 4.78 is 0. The maximum absolute atomic E-state index is 11.8. The molecule has 0 aliphatic heterocycles. The van der Waals surface area contributed by atoms with Gasteiger partial charge in [-0.2, -0.15) is 0 Å². The minimum absolute atomic E-state index is 0.0398. The summed E-state index contributed by atoms with van der Waals surface area (Å²) in [6.45, 7) is 5.20. The first-order valence-electron chi connectivity index (χ1n) is 7.42. The molecule has 4 N–H and O–H groups in total. The molecule has 0 aromatic rings. The lowest BCUT2D eigenvalue weighted by Gasteiger charge is -2.27. The molecule has 0 bridgehead atoms. The van der Waals surface area contributed by atoms with Crippen LogP contribution in [0.2, 0.25) is 0 Å². The Hall–Kier alpha value is -1.79. The predicted molar refractivity (Wildman–Crippen MR) is 77.8 cm³/mol. The van der Waals surface area contributed by atoms with Gasteiger partial charge in [-0.05, 0) is 32.6 Å². The summed E-state index contributed by atoms with van der Waals surface area (Å²) in [4.78, 5) is 34.8. The number of nitrogens with one attached hydrogen (secondary N) is 3. The van der Waals surface area contributed by atoms with Crippen LogP contribution >= 0.6 is 0 Å². The fourth-order valence-corrected chi connectivity index (χ4v) is 1.99. The van der Waals surface area contributed by atoms with E-state index in [1.54, 1.807) is 20.8 Å². The molecule has 1 unspecified atom stereocenters. The molecule has 0 aromatic carbocycles. The van der Waals surface area contributed by atoms with Gasteiger partial charge in [-0.1, -0.05) is 13.8 Å². The molecule has 7 heteroatoms. The monoisotopic (exact) mass is 299 g/mol. The number of carbonyl (C=O) groups excluding carboxylic acids is 2. The molecule has 0 spiro atoms. The molecule has 120 valence electrons. The highest BCUT2D eigenvalue weighted by Gasteiger charge is 2.35. The van der Waals surface area contributed by atoms with Crippen molar-refractivity contribution in [1.82, 2.24) is 16.0 Å². The van der Waals surface area contributed by atoms with Crippen LogP contribution in [-0.4, -0.2) is 41.6 Å². The van der Waals surface area contributed by atoms with Crippen molar-refractivity contribution in [2.24, 2.45) is 5.41 Å². The van der Waals surface area contributed by atoms with Crippen molar-refractivity contribution in [2.75, 3.05) is 6.54 Å². The second-order valence-corrected chi connectivity index (χ2v) is 5.62. The molecule has 7 nitrogen and oxygen atoms in total. The number of hydrogen-bond acceptors (Lipinski definition) is 3. The van der Waals surface area contributed by atoms with Crippen LogP contribution in [-0.2, 0) is 9.59 Å². The van der Waals surface area contributed by atoms with E-state index in [4.69, 9.17) is 0 Å². The molecule has 21 heavy (non-hydrogen) atoms. The molecule has 1 fully saturated rings. The summed E-state index contributed by atoms with van der Waals surface area (Å²) in [5.41, 5.74) is -0.961. The highest BCUT2D eigenvalue weighted by atomic mass is 16.4. The van der Waals surface area contributed by atoms with Crippen LogP contribution in [0.15, 0.2) is 0 Å². The van der Waals surface area contributed by atoms with Crippen LogP contribution in [0.1, 0.15) is 46.5 Å². The standard InChI is InChI=1S/C14H25N3O4/c1-4-14(5-2,12(19)20)8-15-13(21)16-9(3)11(18)17-10-6-7-10/h9-10H,4-8H2,1-3H3,(H,17,18)(H,19,20)(H2,15,16,21). The third-order valence-corrected chi connectivity index (χ3v) is 4.06. The smallest absolute Gasteiger partial charge is 0.315 e. The van der Waals surface area contributed by atoms with Crippen LogP contribution in [0.25, 0.3) is 0 Å². The number of carboxylic acid groups (broad SMARTS) is 1. The summed E-state index contributed by atoms with van der Waals surface area (Å²) in [7, 11) is 0. The van der Waals surface area contributed by atoms with Gasteiger partial charge >= 0.3 is 12.0 Å². The molecule has 1 rings (SSSR count). The van der Waals surface area contributed by atoms with E-state index in [1.165, 1.54) is 0 Å². The van der Waals surface area contributed by atoms with E-state index in [2.05, 4.69) is 16.0 Å². The SMILES string of the molecule is CCC(CC)(CNC(=O)NC(C)C(=O)NC1CC1)C(=O)O. The predicted octanol–water partition coefficient (Wildman–Crippen LogP) is 0.844. The molecule has 1 aliphatic rings. The zero-order valence-corrected chi connectivity index (χ0v) is 12.9. The molecule has 3 amide bonds. The van der Waals surface area contributed by atoms with Crippen molar-refractivity contribution < 1.29 is 19.5 Å². The van der Waals surface area contributed by atoms with Crippen molar-refractivity contribution in [1.29, 1.82) is 0 Å². The highest BCUT2D eigenvalue weighted by molar-refractivity contribution is 5.87. The number of aliphatic carboxylic acids is 1. The first-order chi connectivity index (χ1) is 9.84. The van der Waals surface area contributed by atoms with E-state index in [-0.39, 0.29) is 18.5 Å². The third kappa shape index (κ3) is 4.91. The summed E-state index contributed by atoms with van der Waals surface area (Å²) in [5, 5.41) is 17.1. The van der Waals surface area contributed by atoms with Crippen molar-refractivity contribution in [2.45, 2.75) is 58.5 Å². The lowest BCUT2D eigenvalue weighted by molar-refractivity contribution is -0.149. The van der Waals surface area contributed by atoms with Crippen molar-refractivity contribution in [3.8, 4) is 0 Å². The van der Waals surface area contributed by atoms with Gasteiger partial charge in [-0.3, -0.25) is 9.59 Å². The minimum atomic E-state index is -0.961. The van der Waals surface area contributed by atoms with E-state index < -0.39 is 23.5 Å². The maximum Gasteiger partial charge on any atom is 0.315 e. The van der Waals surface area contributed by atoms with Crippen LogP contribution in [0.5, 0.6) is 0 Å². The first kappa shape index (κ1) is 17.3. The van der Waals surface area contributed by atoms with Crippen LogP contribution in [0.3, 0.4) is 0 Å². The number of amides is 3. The van der Waals surface area contributed by atoms with Gasteiger partial charge in [-0.25, -0.2) is 4.79 Å². The number of urea groups is 1. The maximum atomic E-state index is 11.8.